The molecule has 3 unspecified atom stereocenters. The van der Waals surface area contributed by atoms with E-state index in [0.29, 0.717) is 0 Å². The molecule has 0 saturated heterocycles. The average molecular weight is 263 g/mol. The maximum absolute atomic E-state index is 4.57. The first-order chi connectivity index (χ1) is 9.10. The van der Waals surface area contributed by atoms with E-state index in [9.17, 15) is 0 Å². The van der Waals surface area contributed by atoms with Crippen molar-refractivity contribution in [1.82, 2.24) is 15.1 Å². The molecule has 3 nitrogen and oxygen atoms in total. The molecule has 3 heteroatoms. The summed E-state index contributed by atoms with van der Waals surface area (Å²) in [6.45, 7) is 5.91. The van der Waals surface area contributed by atoms with Crippen molar-refractivity contribution < 1.29 is 0 Å². The summed E-state index contributed by atoms with van der Waals surface area (Å²) in [5, 5.41) is 7.94. The Hall–Kier alpha value is -0.830. The van der Waals surface area contributed by atoms with Crippen LogP contribution in [-0.4, -0.2) is 23.4 Å². The number of nitrogens with zero attached hydrogens (tertiary/aromatic N) is 2. The maximum atomic E-state index is 4.57. The molecular weight excluding hydrogens is 234 g/mol. The largest absolute Gasteiger partial charge is 0.319 e. The first-order valence-corrected chi connectivity index (χ1v) is 7.73. The summed E-state index contributed by atoms with van der Waals surface area (Å²) in [5.41, 5.74) is 1.26. The van der Waals surface area contributed by atoms with E-state index in [-0.39, 0.29) is 0 Å². The lowest BCUT2D eigenvalue weighted by Gasteiger charge is -2.37. The van der Waals surface area contributed by atoms with Crippen LogP contribution in [0.25, 0.3) is 0 Å². The minimum atomic E-state index is 0.795. The van der Waals surface area contributed by atoms with Crippen LogP contribution in [0.2, 0.25) is 0 Å². The van der Waals surface area contributed by atoms with Crippen molar-refractivity contribution in [2.24, 2.45) is 30.7 Å². The van der Waals surface area contributed by atoms with E-state index in [2.05, 4.69) is 43.6 Å². The molecule has 0 aliphatic heterocycles. The highest BCUT2D eigenvalue weighted by atomic mass is 15.2. The zero-order valence-electron chi connectivity index (χ0n) is 12.9. The molecule has 1 N–H and O–H groups in total. The standard InChI is InChI=1S/C16H29N3/c1-12(2)13-5-6-14(11-17-3)15(9-13)10-16-7-8-19(4)18-16/h7-8,12-15,17H,5-6,9-11H2,1-4H3. The molecule has 19 heavy (non-hydrogen) atoms. The Morgan fingerprint density at radius 2 is 2.16 bits per heavy atom. The lowest BCUT2D eigenvalue weighted by Crippen LogP contribution is -2.34. The lowest BCUT2D eigenvalue weighted by atomic mass is 9.69. The topological polar surface area (TPSA) is 29.9 Å². The van der Waals surface area contributed by atoms with Crippen molar-refractivity contribution in [3.05, 3.63) is 18.0 Å². The summed E-state index contributed by atoms with van der Waals surface area (Å²) < 4.78 is 1.92. The minimum Gasteiger partial charge on any atom is -0.319 e. The van der Waals surface area contributed by atoms with Gasteiger partial charge in [-0.25, -0.2) is 0 Å². The van der Waals surface area contributed by atoms with Crippen LogP contribution in [-0.2, 0) is 13.5 Å². The number of nitrogens with one attached hydrogen (secondary N) is 1. The molecule has 0 radical (unpaired) electrons. The Morgan fingerprint density at radius 1 is 1.37 bits per heavy atom. The number of rotatable bonds is 5. The van der Waals surface area contributed by atoms with E-state index in [4.69, 9.17) is 0 Å². The summed E-state index contributed by atoms with van der Waals surface area (Å²) in [5.74, 6) is 3.34. The highest BCUT2D eigenvalue weighted by Gasteiger charge is 2.31. The summed E-state index contributed by atoms with van der Waals surface area (Å²) in [7, 11) is 4.08. The lowest BCUT2D eigenvalue weighted by molar-refractivity contribution is 0.145. The van der Waals surface area contributed by atoms with E-state index in [0.717, 1.165) is 36.6 Å². The number of aryl methyl sites for hydroxylation is 1. The van der Waals surface area contributed by atoms with Gasteiger partial charge in [-0.3, -0.25) is 4.68 Å². The van der Waals surface area contributed by atoms with Crippen LogP contribution in [0.4, 0.5) is 0 Å². The van der Waals surface area contributed by atoms with Gasteiger partial charge in [0.25, 0.3) is 0 Å². The zero-order valence-corrected chi connectivity index (χ0v) is 12.9. The van der Waals surface area contributed by atoms with Gasteiger partial charge in [-0.05, 0) is 69.0 Å². The highest BCUT2D eigenvalue weighted by molar-refractivity contribution is 5.01. The monoisotopic (exact) mass is 263 g/mol. The van der Waals surface area contributed by atoms with E-state index < -0.39 is 0 Å². The molecular formula is C16H29N3. The quantitative estimate of drug-likeness (QED) is 0.885. The Labute approximate surface area is 117 Å². The van der Waals surface area contributed by atoms with E-state index >= 15 is 0 Å². The van der Waals surface area contributed by atoms with Crippen LogP contribution >= 0.6 is 0 Å². The summed E-state index contributed by atoms with van der Waals surface area (Å²) in [6.07, 6.45) is 7.37. The second-order valence-electron chi connectivity index (χ2n) is 6.58. The molecule has 0 aromatic carbocycles. The van der Waals surface area contributed by atoms with Gasteiger partial charge in [-0.15, -0.1) is 0 Å². The van der Waals surface area contributed by atoms with Gasteiger partial charge in [-0.2, -0.15) is 5.10 Å². The fraction of sp³-hybridized carbons (Fsp3) is 0.812. The summed E-state index contributed by atoms with van der Waals surface area (Å²) in [4.78, 5) is 0. The molecule has 1 aromatic rings. The highest BCUT2D eigenvalue weighted by Crippen LogP contribution is 2.38. The van der Waals surface area contributed by atoms with Gasteiger partial charge in [0, 0.05) is 13.2 Å². The van der Waals surface area contributed by atoms with Crippen molar-refractivity contribution in [1.29, 1.82) is 0 Å². The van der Waals surface area contributed by atoms with Gasteiger partial charge in [-0.1, -0.05) is 13.8 Å². The Kier molecular flexibility index (Phi) is 5.03. The van der Waals surface area contributed by atoms with Gasteiger partial charge in [0.1, 0.15) is 0 Å². The Bertz CT molecular complexity index is 383. The fourth-order valence-corrected chi connectivity index (χ4v) is 3.59. The molecule has 1 aromatic heterocycles. The molecule has 1 fully saturated rings. The second kappa shape index (κ2) is 6.56. The SMILES string of the molecule is CNCC1CCC(C(C)C)CC1Cc1ccn(C)n1. The summed E-state index contributed by atoms with van der Waals surface area (Å²) in [6, 6.07) is 2.18. The molecule has 1 aliphatic rings. The fourth-order valence-electron chi connectivity index (χ4n) is 3.59. The molecule has 108 valence electrons. The smallest absolute Gasteiger partial charge is 0.0627 e. The van der Waals surface area contributed by atoms with E-state index in [1.165, 1.54) is 25.0 Å². The van der Waals surface area contributed by atoms with Crippen LogP contribution < -0.4 is 5.32 Å². The normalized spacial score (nSPS) is 27.9. The van der Waals surface area contributed by atoms with Crippen LogP contribution in [0.5, 0.6) is 0 Å². The second-order valence-corrected chi connectivity index (χ2v) is 6.58. The molecule has 0 amide bonds. The average Bonchev–Trinajstić information content (AvgIpc) is 2.77. The Balaban J connectivity index is 2.02. The maximum Gasteiger partial charge on any atom is 0.0627 e. The molecule has 3 atom stereocenters. The van der Waals surface area contributed by atoms with Gasteiger partial charge in [0.05, 0.1) is 5.69 Å². The van der Waals surface area contributed by atoms with Crippen molar-refractivity contribution >= 4 is 0 Å². The predicted octanol–water partition coefficient (Wildman–Crippen LogP) is 2.87. The van der Waals surface area contributed by atoms with Gasteiger partial charge in [0.2, 0.25) is 0 Å². The summed E-state index contributed by atoms with van der Waals surface area (Å²) >= 11 is 0. The number of aromatic nitrogens is 2. The van der Waals surface area contributed by atoms with Crippen LogP contribution in [0.1, 0.15) is 38.8 Å². The minimum absolute atomic E-state index is 0.795. The van der Waals surface area contributed by atoms with E-state index in [1.54, 1.807) is 0 Å². The van der Waals surface area contributed by atoms with Gasteiger partial charge in [0.15, 0.2) is 0 Å². The molecule has 2 rings (SSSR count). The van der Waals surface area contributed by atoms with Crippen LogP contribution in [0, 0.1) is 23.7 Å². The van der Waals surface area contributed by atoms with Gasteiger partial charge < -0.3 is 5.32 Å². The molecule has 1 saturated carbocycles. The molecule has 0 bridgehead atoms. The van der Waals surface area contributed by atoms with Crippen molar-refractivity contribution in [3.63, 3.8) is 0 Å². The van der Waals surface area contributed by atoms with Crippen LogP contribution in [0.3, 0.4) is 0 Å². The van der Waals surface area contributed by atoms with Crippen molar-refractivity contribution in [2.45, 2.75) is 39.5 Å². The molecule has 1 aliphatic carbocycles. The molecule has 1 heterocycles. The zero-order chi connectivity index (χ0) is 13.8. The van der Waals surface area contributed by atoms with Gasteiger partial charge >= 0.3 is 0 Å². The first-order valence-electron chi connectivity index (χ1n) is 7.73. The number of hydrogen-bond acceptors (Lipinski definition) is 2. The molecule has 0 spiro atoms. The van der Waals surface area contributed by atoms with Crippen molar-refractivity contribution in [2.75, 3.05) is 13.6 Å². The number of hydrogen-bond donors (Lipinski definition) is 1. The third-order valence-electron chi connectivity index (χ3n) is 4.83. The third-order valence-corrected chi connectivity index (χ3v) is 4.83. The first kappa shape index (κ1) is 14.6. The third kappa shape index (κ3) is 3.82. The predicted molar refractivity (Wildman–Crippen MR) is 80.0 cm³/mol. The van der Waals surface area contributed by atoms with E-state index in [1.807, 2.05) is 11.7 Å². The van der Waals surface area contributed by atoms with Crippen LogP contribution in [0.15, 0.2) is 12.3 Å². The Morgan fingerprint density at radius 3 is 2.74 bits per heavy atom. The van der Waals surface area contributed by atoms with Crippen molar-refractivity contribution in [3.8, 4) is 0 Å².